The molecule has 1 unspecified atom stereocenters. The average Bonchev–Trinajstić information content (AvgIpc) is 3.16. The molecule has 1 saturated carbocycles. The molecule has 1 amide bonds. The van der Waals surface area contributed by atoms with Crippen LogP contribution in [0.1, 0.15) is 69.7 Å². The molecule has 0 spiro atoms. The summed E-state index contributed by atoms with van der Waals surface area (Å²) in [6.45, 7) is 5.01. The van der Waals surface area contributed by atoms with Crippen LogP contribution in [0.3, 0.4) is 0 Å². The van der Waals surface area contributed by atoms with E-state index in [0.717, 1.165) is 42.8 Å². The Kier molecular flexibility index (Phi) is 8.52. The molecular weight excluding hydrogens is 424 g/mol. The predicted octanol–water partition coefficient (Wildman–Crippen LogP) is 4.02. The molecule has 0 saturated heterocycles. The van der Waals surface area contributed by atoms with E-state index in [1.54, 1.807) is 23.7 Å². The van der Waals surface area contributed by atoms with E-state index in [1.807, 2.05) is 18.2 Å². The number of amides is 1. The van der Waals surface area contributed by atoms with Crippen molar-refractivity contribution < 1.29 is 24.2 Å². The lowest BCUT2D eigenvalue weighted by molar-refractivity contribution is -0.144. The van der Waals surface area contributed by atoms with Crippen LogP contribution in [0.25, 0.3) is 0 Å². The highest BCUT2D eigenvalue weighted by Crippen LogP contribution is 2.32. The fourth-order valence-corrected chi connectivity index (χ4v) is 4.19. The van der Waals surface area contributed by atoms with Crippen LogP contribution in [0.15, 0.2) is 24.0 Å². The lowest BCUT2D eigenvalue weighted by atomic mass is 9.87. The van der Waals surface area contributed by atoms with E-state index in [4.69, 9.17) is 9.47 Å². The van der Waals surface area contributed by atoms with Crippen LogP contribution in [-0.2, 0) is 27.9 Å². The third-order valence-corrected chi connectivity index (χ3v) is 6.35. The van der Waals surface area contributed by atoms with Crippen LogP contribution in [0.2, 0.25) is 0 Å². The lowest BCUT2D eigenvalue weighted by Gasteiger charge is -2.28. The van der Waals surface area contributed by atoms with Gasteiger partial charge < -0.3 is 19.5 Å². The summed E-state index contributed by atoms with van der Waals surface area (Å²) in [5.74, 6) is 0.241. The van der Waals surface area contributed by atoms with Crippen LogP contribution in [0, 0.1) is 11.8 Å². The number of carbonyl (C=O) groups excluding carboxylic acids is 1. The van der Waals surface area contributed by atoms with Crippen molar-refractivity contribution in [3.63, 3.8) is 0 Å². The molecule has 1 heterocycles. The van der Waals surface area contributed by atoms with Gasteiger partial charge in [-0.3, -0.25) is 4.79 Å². The monoisotopic (exact) mass is 460 g/mol. The summed E-state index contributed by atoms with van der Waals surface area (Å²) >= 11 is 0. The summed E-state index contributed by atoms with van der Waals surface area (Å²) in [6.07, 6.45) is 10.2. The highest BCUT2D eigenvalue weighted by atomic mass is 16.6. The summed E-state index contributed by atoms with van der Waals surface area (Å²) in [7, 11) is 3.54. The van der Waals surface area contributed by atoms with Crippen LogP contribution < -0.4 is 0 Å². The zero-order chi connectivity index (χ0) is 24.0. The molecule has 2 aliphatic rings. The number of ether oxygens (including phenoxy) is 2. The topological polar surface area (TPSA) is 107 Å². The molecule has 3 rings (SSSR count). The Labute approximate surface area is 195 Å². The number of allylic oxidation sites excluding steroid dienone is 3. The molecule has 1 aromatic heterocycles. The number of aryl methyl sites for hydroxylation is 1. The van der Waals surface area contributed by atoms with Crippen molar-refractivity contribution in [2.45, 2.75) is 71.0 Å². The first-order chi connectivity index (χ1) is 15.7. The summed E-state index contributed by atoms with van der Waals surface area (Å²) < 4.78 is 13.2. The summed E-state index contributed by atoms with van der Waals surface area (Å²) in [5.41, 5.74) is 1.55. The molecule has 9 heteroatoms. The largest absolute Gasteiger partial charge is 0.491 e. The maximum atomic E-state index is 12.3. The van der Waals surface area contributed by atoms with E-state index in [0.29, 0.717) is 25.3 Å². The van der Waals surface area contributed by atoms with Gasteiger partial charge in [-0.1, -0.05) is 25.1 Å². The second-order valence-corrected chi connectivity index (χ2v) is 9.45. The molecule has 182 valence electrons. The molecule has 1 fully saturated rings. The molecule has 2 aliphatic carbocycles. The molecule has 3 atom stereocenters. The van der Waals surface area contributed by atoms with Crippen LogP contribution >= 0.6 is 0 Å². The van der Waals surface area contributed by atoms with E-state index in [9.17, 15) is 14.7 Å². The van der Waals surface area contributed by atoms with Gasteiger partial charge in [0.1, 0.15) is 12.4 Å². The number of aliphatic carboxylic acids is 1. The second-order valence-electron chi connectivity index (χ2n) is 9.45. The Hall–Kier alpha value is -2.84. The zero-order valence-electron chi connectivity index (χ0n) is 20.1. The molecule has 0 aromatic carbocycles. The third kappa shape index (κ3) is 6.82. The van der Waals surface area contributed by atoms with E-state index in [1.165, 1.54) is 0 Å². The van der Waals surface area contributed by atoms with Gasteiger partial charge in [0.25, 0.3) is 0 Å². The zero-order valence-corrected chi connectivity index (χ0v) is 20.1. The molecule has 9 nitrogen and oxygen atoms in total. The van der Waals surface area contributed by atoms with Gasteiger partial charge in [-0.05, 0) is 56.6 Å². The highest BCUT2D eigenvalue weighted by molar-refractivity contribution is 5.70. The molecule has 0 aliphatic heterocycles. The Bertz CT molecular complexity index is 891. The SMILES string of the molecule is CC(C)CCN(C)C(=O)OCc1c(C2C=CC(O[C@@H]3CCC[C@@H](C(=O)O)C3)=CC2)nnn1C. The predicted molar refractivity (Wildman–Crippen MR) is 122 cm³/mol. The summed E-state index contributed by atoms with van der Waals surface area (Å²) in [6, 6.07) is 0. The van der Waals surface area contributed by atoms with Crippen molar-refractivity contribution in [3.8, 4) is 0 Å². The Morgan fingerprint density at radius 3 is 2.79 bits per heavy atom. The first-order valence-corrected chi connectivity index (χ1v) is 11.8. The van der Waals surface area contributed by atoms with Gasteiger partial charge in [-0.25, -0.2) is 9.48 Å². The maximum absolute atomic E-state index is 12.3. The van der Waals surface area contributed by atoms with Crippen LogP contribution in [0.4, 0.5) is 4.79 Å². The van der Waals surface area contributed by atoms with Gasteiger partial charge in [0.05, 0.1) is 23.4 Å². The van der Waals surface area contributed by atoms with Crippen molar-refractivity contribution in [1.82, 2.24) is 19.9 Å². The van der Waals surface area contributed by atoms with Gasteiger partial charge >= 0.3 is 12.1 Å². The summed E-state index contributed by atoms with van der Waals surface area (Å²) in [5, 5.41) is 17.7. The minimum absolute atomic E-state index is 0.0107. The number of carbonyl (C=O) groups is 2. The molecule has 0 radical (unpaired) electrons. The number of nitrogens with zero attached hydrogens (tertiary/aromatic N) is 4. The molecule has 0 bridgehead atoms. The number of carboxylic acids is 1. The standard InChI is InChI=1S/C24H36N4O5/c1-16(2)12-13-27(3)24(31)32-15-21-22(25-26-28(21)4)17-8-10-19(11-9-17)33-20-7-5-6-18(14-20)23(29)30/h8,10-11,16-18,20H,5-7,9,12-15H2,1-4H3,(H,29,30)/t17?,18-,20-/m1/s1. The molecule has 1 aromatic rings. The highest BCUT2D eigenvalue weighted by Gasteiger charge is 2.29. The number of hydrogen-bond acceptors (Lipinski definition) is 6. The Balaban J connectivity index is 1.54. The van der Waals surface area contributed by atoms with Gasteiger partial charge in [-0.2, -0.15) is 0 Å². The minimum atomic E-state index is -0.737. The van der Waals surface area contributed by atoms with Gasteiger partial charge in [0, 0.05) is 26.6 Å². The minimum Gasteiger partial charge on any atom is -0.491 e. The van der Waals surface area contributed by atoms with Gasteiger partial charge in [-0.15, -0.1) is 5.10 Å². The van der Waals surface area contributed by atoms with Crippen molar-refractivity contribution in [2.75, 3.05) is 13.6 Å². The lowest BCUT2D eigenvalue weighted by Crippen LogP contribution is -2.29. The van der Waals surface area contributed by atoms with E-state index in [2.05, 4.69) is 24.2 Å². The van der Waals surface area contributed by atoms with E-state index >= 15 is 0 Å². The van der Waals surface area contributed by atoms with Gasteiger partial charge in [0.2, 0.25) is 0 Å². The molecule has 1 N–H and O–H groups in total. The number of carboxylic acid groups (broad SMARTS) is 1. The number of rotatable bonds is 9. The van der Waals surface area contributed by atoms with Gasteiger partial charge in [0.15, 0.2) is 0 Å². The van der Waals surface area contributed by atoms with Crippen molar-refractivity contribution in [1.29, 1.82) is 0 Å². The summed E-state index contributed by atoms with van der Waals surface area (Å²) in [4.78, 5) is 25.2. The Morgan fingerprint density at radius 1 is 1.33 bits per heavy atom. The number of aromatic nitrogens is 3. The smallest absolute Gasteiger partial charge is 0.409 e. The van der Waals surface area contributed by atoms with Crippen molar-refractivity contribution in [2.24, 2.45) is 18.9 Å². The maximum Gasteiger partial charge on any atom is 0.409 e. The normalized spacial score (nSPS) is 22.7. The van der Waals surface area contributed by atoms with Crippen LogP contribution in [0.5, 0.6) is 0 Å². The quantitative estimate of drug-likeness (QED) is 0.593. The van der Waals surface area contributed by atoms with E-state index in [-0.39, 0.29) is 30.6 Å². The first kappa shape index (κ1) is 24.8. The number of hydrogen-bond donors (Lipinski definition) is 1. The van der Waals surface area contributed by atoms with Crippen LogP contribution in [-0.4, -0.2) is 56.8 Å². The molecular formula is C24H36N4O5. The average molecular weight is 461 g/mol. The van der Waals surface area contributed by atoms with Crippen molar-refractivity contribution >= 4 is 12.1 Å². The van der Waals surface area contributed by atoms with Crippen molar-refractivity contribution in [3.05, 3.63) is 35.4 Å². The fraction of sp³-hybridized carbons (Fsp3) is 0.667. The Morgan fingerprint density at radius 2 is 2.12 bits per heavy atom. The molecule has 33 heavy (non-hydrogen) atoms. The first-order valence-electron chi connectivity index (χ1n) is 11.8. The third-order valence-electron chi connectivity index (χ3n) is 6.35. The fourth-order valence-electron chi connectivity index (χ4n) is 4.19. The second kappa shape index (κ2) is 11.3. The van der Waals surface area contributed by atoms with E-state index < -0.39 is 5.97 Å².